The van der Waals surface area contributed by atoms with Crippen LogP contribution in [0.2, 0.25) is 0 Å². The fraction of sp³-hybridized carbons (Fsp3) is 0.389. The Morgan fingerprint density at radius 2 is 1.68 bits per heavy atom. The molecule has 2 aromatic heterocycles. The zero-order chi connectivity index (χ0) is 15.4. The Morgan fingerprint density at radius 1 is 0.955 bits per heavy atom. The highest BCUT2D eigenvalue weighted by Crippen LogP contribution is 2.28. The molecule has 0 aliphatic heterocycles. The molecule has 0 bridgehead atoms. The average Bonchev–Trinajstić information content (AvgIpc) is 2.57. The van der Waals surface area contributed by atoms with Gasteiger partial charge in [0, 0.05) is 36.8 Å². The van der Waals surface area contributed by atoms with Crippen molar-refractivity contribution in [2.75, 3.05) is 0 Å². The van der Waals surface area contributed by atoms with E-state index in [-0.39, 0.29) is 11.9 Å². The highest BCUT2D eigenvalue weighted by molar-refractivity contribution is 5.98. The van der Waals surface area contributed by atoms with Gasteiger partial charge in [0.15, 0.2) is 5.78 Å². The summed E-state index contributed by atoms with van der Waals surface area (Å²) in [6.45, 7) is 0. The van der Waals surface area contributed by atoms with Gasteiger partial charge in [-0.3, -0.25) is 14.8 Å². The minimum Gasteiger partial charge on any atom is -0.388 e. The van der Waals surface area contributed by atoms with Crippen LogP contribution < -0.4 is 0 Å². The lowest BCUT2D eigenvalue weighted by atomic mass is 9.91. The van der Waals surface area contributed by atoms with E-state index in [1.165, 1.54) is 5.56 Å². The van der Waals surface area contributed by atoms with E-state index in [9.17, 15) is 9.90 Å². The number of fused-ring (bicyclic) bond motifs is 2. The first-order chi connectivity index (χ1) is 10.8. The quantitative estimate of drug-likeness (QED) is 0.811. The number of hydrogen-bond donors (Lipinski definition) is 1. The number of carbonyl (C=O) groups excluding carboxylic acids is 1. The number of ketones is 1. The van der Waals surface area contributed by atoms with Crippen LogP contribution in [0, 0.1) is 0 Å². The third-order valence-corrected chi connectivity index (χ3v) is 4.28. The average molecular weight is 296 g/mol. The van der Waals surface area contributed by atoms with Gasteiger partial charge < -0.3 is 5.11 Å². The third-order valence-electron chi connectivity index (χ3n) is 4.28. The molecule has 2 aliphatic rings. The van der Waals surface area contributed by atoms with E-state index < -0.39 is 0 Å². The van der Waals surface area contributed by atoms with E-state index in [2.05, 4.69) is 9.97 Å². The van der Waals surface area contributed by atoms with Crippen LogP contribution in [0.25, 0.3) is 0 Å². The van der Waals surface area contributed by atoms with Crippen LogP contribution in [0.4, 0.5) is 0 Å². The van der Waals surface area contributed by atoms with Crippen molar-refractivity contribution in [1.82, 2.24) is 9.97 Å². The molecule has 0 aromatic carbocycles. The van der Waals surface area contributed by atoms with Crippen molar-refractivity contribution in [1.29, 1.82) is 0 Å². The fourth-order valence-electron chi connectivity index (χ4n) is 3.09. The van der Waals surface area contributed by atoms with Gasteiger partial charge in [-0.2, -0.15) is 0 Å². The molecule has 0 spiro atoms. The van der Waals surface area contributed by atoms with Gasteiger partial charge in [-0.15, -0.1) is 0 Å². The predicted octanol–water partition coefficient (Wildman–Crippen LogP) is 3.05. The molecule has 0 fully saturated rings. The SMILES string of the molecule is O=C1CCCc2cnccc21.OC1CCCc2cnccc21. The fourth-order valence-corrected chi connectivity index (χ4v) is 3.09. The molecule has 4 heteroatoms. The molecule has 2 aromatic rings. The number of aliphatic hydroxyl groups is 1. The minimum atomic E-state index is -0.248. The molecular formula is C18H20N2O2. The van der Waals surface area contributed by atoms with Gasteiger partial charge in [0.1, 0.15) is 0 Å². The number of carbonyl (C=O) groups is 1. The van der Waals surface area contributed by atoms with Gasteiger partial charge in [0.05, 0.1) is 6.10 Å². The zero-order valence-electron chi connectivity index (χ0n) is 12.5. The summed E-state index contributed by atoms with van der Waals surface area (Å²) >= 11 is 0. The second-order valence-electron chi connectivity index (χ2n) is 5.79. The third kappa shape index (κ3) is 3.22. The number of Topliss-reactive ketones (excluding diaryl/α,β-unsaturated/α-hetero) is 1. The maximum Gasteiger partial charge on any atom is 0.163 e. The second-order valence-corrected chi connectivity index (χ2v) is 5.79. The molecule has 0 saturated heterocycles. The van der Waals surface area contributed by atoms with Crippen molar-refractivity contribution < 1.29 is 9.90 Å². The molecule has 0 amide bonds. The lowest BCUT2D eigenvalue weighted by molar-refractivity contribution is 0.0972. The van der Waals surface area contributed by atoms with Gasteiger partial charge in [0.25, 0.3) is 0 Å². The Labute approximate surface area is 130 Å². The molecule has 1 atom stereocenters. The number of aliphatic hydroxyl groups excluding tert-OH is 1. The summed E-state index contributed by atoms with van der Waals surface area (Å²) in [6.07, 6.45) is 12.6. The van der Waals surface area contributed by atoms with Crippen LogP contribution in [0.1, 0.15) is 58.8 Å². The Morgan fingerprint density at radius 3 is 2.45 bits per heavy atom. The molecular weight excluding hydrogens is 276 g/mol. The predicted molar refractivity (Wildman–Crippen MR) is 83.6 cm³/mol. The molecule has 0 radical (unpaired) electrons. The van der Waals surface area contributed by atoms with E-state index in [0.29, 0.717) is 6.42 Å². The summed E-state index contributed by atoms with van der Waals surface area (Å²) < 4.78 is 0. The monoisotopic (exact) mass is 296 g/mol. The van der Waals surface area contributed by atoms with E-state index in [1.54, 1.807) is 18.6 Å². The maximum absolute atomic E-state index is 11.3. The van der Waals surface area contributed by atoms with Crippen LogP contribution in [0.3, 0.4) is 0 Å². The maximum atomic E-state index is 11.3. The normalized spacial score (nSPS) is 19.5. The number of pyridine rings is 2. The van der Waals surface area contributed by atoms with Gasteiger partial charge in [-0.1, -0.05) is 0 Å². The van der Waals surface area contributed by atoms with Crippen molar-refractivity contribution in [2.24, 2.45) is 0 Å². The number of aromatic nitrogens is 2. The first-order valence-corrected chi connectivity index (χ1v) is 7.82. The molecule has 2 aliphatic carbocycles. The molecule has 1 N–H and O–H groups in total. The summed E-state index contributed by atoms with van der Waals surface area (Å²) in [5.41, 5.74) is 4.28. The molecule has 22 heavy (non-hydrogen) atoms. The Balaban J connectivity index is 0.000000131. The van der Waals surface area contributed by atoms with Crippen LogP contribution in [-0.2, 0) is 12.8 Å². The Hall–Kier alpha value is -2.07. The smallest absolute Gasteiger partial charge is 0.163 e. The zero-order valence-corrected chi connectivity index (χ0v) is 12.5. The summed E-state index contributed by atoms with van der Waals surface area (Å²) in [5, 5.41) is 9.53. The Kier molecular flexibility index (Phi) is 4.59. The van der Waals surface area contributed by atoms with Crippen LogP contribution in [-0.4, -0.2) is 20.9 Å². The van der Waals surface area contributed by atoms with Crippen molar-refractivity contribution >= 4 is 5.78 Å². The second kappa shape index (κ2) is 6.79. The highest BCUT2D eigenvalue weighted by Gasteiger charge is 2.17. The molecule has 2 heterocycles. The van der Waals surface area contributed by atoms with Crippen molar-refractivity contribution in [3.8, 4) is 0 Å². The molecule has 114 valence electrons. The first-order valence-electron chi connectivity index (χ1n) is 7.82. The molecule has 4 rings (SSSR count). The number of hydrogen-bond acceptors (Lipinski definition) is 4. The molecule has 0 saturated carbocycles. The van der Waals surface area contributed by atoms with Crippen LogP contribution >= 0.6 is 0 Å². The highest BCUT2D eigenvalue weighted by atomic mass is 16.3. The van der Waals surface area contributed by atoms with E-state index in [0.717, 1.165) is 48.8 Å². The summed E-state index contributed by atoms with van der Waals surface area (Å²) in [7, 11) is 0. The van der Waals surface area contributed by atoms with Gasteiger partial charge in [0.2, 0.25) is 0 Å². The minimum absolute atomic E-state index is 0.248. The van der Waals surface area contributed by atoms with Crippen molar-refractivity contribution in [3.63, 3.8) is 0 Å². The van der Waals surface area contributed by atoms with E-state index in [4.69, 9.17) is 0 Å². The van der Waals surface area contributed by atoms with Gasteiger partial charge >= 0.3 is 0 Å². The number of aryl methyl sites for hydroxylation is 2. The molecule has 1 unspecified atom stereocenters. The van der Waals surface area contributed by atoms with Crippen LogP contribution in [0.5, 0.6) is 0 Å². The summed E-state index contributed by atoms with van der Waals surface area (Å²) in [5.74, 6) is 0.272. The van der Waals surface area contributed by atoms with Gasteiger partial charge in [-0.25, -0.2) is 0 Å². The lowest BCUT2D eigenvalue weighted by Crippen LogP contribution is -2.10. The first kappa shape index (κ1) is 14.9. The largest absolute Gasteiger partial charge is 0.388 e. The summed E-state index contributed by atoms with van der Waals surface area (Å²) in [6, 6.07) is 3.73. The van der Waals surface area contributed by atoms with E-state index in [1.807, 2.05) is 18.3 Å². The number of rotatable bonds is 0. The topological polar surface area (TPSA) is 63.1 Å². The number of nitrogens with zero attached hydrogens (tertiary/aromatic N) is 2. The van der Waals surface area contributed by atoms with Gasteiger partial charge in [-0.05, 0) is 60.9 Å². The van der Waals surface area contributed by atoms with Crippen molar-refractivity contribution in [3.05, 3.63) is 59.2 Å². The Bertz CT molecular complexity index is 670. The standard InChI is InChI=1S/C9H11NO.C9H9NO/c2*11-9-3-1-2-7-6-10-5-4-8(7)9/h4-6,9,11H,1-3H2;4-6H,1-3H2. The van der Waals surface area contributed by atoms with Crippen molar-refractivity contribution in [2.45, 2.75) is 44.6 Å². The molecule has 4 nitrogen and oxygen atoms in total. The summed E-state index contributed by atoms with van der Waals surface area (Å²) in [4.78, 5) is 19.3. The van der Waals surface area contributed by atoms with E-state index >= 15 is 0 Å². The lowest BCUT2D eigenvalue weighted by Gasteiger charge is -2.19. The van der Waals surface area contributed by atoms with Crippen LogP contribution in [0.15, 0.2) is 36.9 Å².